The minimum atomic E-state index is -3.56. The number of nitrogens with one attached hydrogen (secondary N) is 2. The summed E-state index contributed by atoms with van der Waals surface area (Å²) in [6.07, 6.45) is 2.72. The van der Waals surface area contributed by atoms with Gasteiger partial charge in [0.25, 0.3) is 5.91 Å². The number of aryl methyl sites for hydroxylation is 1. The van der Waals surface area contributed by atoms with Crippen molar-refractivity contribution >= 4 is 43.2 Å². The molecule has 0 unspecified atom stereocenters. The number of benzene rings is 2. The molecule has 10 heteroatoms. The van der Waals surface area contributed by atoms with Crippen molar-refractivity contribution in [3.8, 4) is 5.75 Å². The van der Waals surface area contributed by atoms with Crippen molar-refractivity contribution in [1.29, 1.82) is 0 Å². The standard InChI is InChI=1S/C24H26BrN3O4S2/c1-16-2-10-20(11-3-16)32-14-23-27-22(15-33-23)24(29)26-18-6-8-19(9-7-18)28-34(30,31)21-12-4-17(25)5-13-21/h2-5,10-13,15,18-19,28H,6-9,14H2,1H3,(H,26,29). The van der Waals surface area contributed by atoms with Gasteiger partial charge in [-0.1, -0.05) is 33.6 Å². The second-order valence-electron chi connectivity index (χ2n) is 8.33. The number of halogens is 1. The second-order valence-corrected chi connectivity index (χ2v) is 11.9. The Labute approximate surface area is 212 Å². The normalized spacial score (nSPS) is 18.4. The first-order valence-corrected chi connectivity index (χ1v) is 14.2. The lowest BCUT2D eigenvalue weighted by atomic mass is 9.92. The Kier molecular flexibility index (Phi) is 8.02. The van der Waals surface area contributed by atoms with E-state index in [1.807, 2.05) is 31.2 Å². The highest BCUT2D eigenvalue weighted by Gasteiger charge is 2.27. The molecule has 1 aromatic heterocycles. The minimum absolute atomic E-state index is 0.00473. The van der Waals surface area contributed by atoms with Gasteiger partial charge in [0.15, 0.2) is 0 Å². The number of hydrogen-bond donors (Lipinski definition) is 2. The first-order chi connectivity index (χ1) is 16.3. The molecular formula is C24H26BrN3O4S2. The highest BCUT2D eigenvalue weighted by molar-refractivity contribution is 9.10. The van der Waals surface area contributed by atoms with Crippen LogP contribution in [0, 0.1) is 6.92 Å². The summed E-state index contributed by atoms with van der Waals surface area (Å²) in [7, 11) is -3.56. The lowest BCUT2D eigenvalue weighted by molar-refractivity contribution is 0.0920. The molecule has 2 aromatic carbocycles. The van der Waals surface area contributed by atoms with Crippen LogP contribution in [0.4, 0.5) is 0 Å². The molecule has 1 aliphatic carbocycles. The number of nitrogens with zero attached hydrogens (tertiary/aromatic N) is 1. The topological polar surface area (TPSA) is 97.4 Å². The van der Waals surface area contributed by atoms with E-state index in [0.29, 0.717) is 38.0 Å². The maximum atomic E-state index is 12.6. The number of amides is 1. The van der Waals surface area contributed by atoms with E-state index in [4.69, 9.17) is 4.74 Å². The summed E-state index contributed by atoms with van der Waals surface area (Å²) in [6.45, 7) is 2.33. The molecule has 7 nitrogen and oxygen atoms in total. The Morgan fingerprint density at radius 3 is 2.38 bits per heavy atom. The van der Waals surface area contributed by atoms with Gasteiger partial charge in [0.2, 0.25) is 10.0 Å². The van der Waals surface area contributed by atoms with Gasteiger partial charge in [0.1, 0.15) is 23.1 Å². The van der Waals surface area contributed by atoms with E-state index in [1.54, 1.807) is 29.6 Å². The van der Waals surface area contributed by atoms with Crippen LogP contribution in [0.25, 0.3) is 0 Å². The molecule has 0 atom stereocenters. The molecule has 180 valence electrons. The molecule has 0 radical (unpaired) electrons. The molecule has 0 aliphatic heterocycles. The van der Waals surface area contributed by atoms with Crippen LogP contribution in [0.2, 0.25) is 0 Å². The number of rotatable bonds is 8. The lowest BCUT2D eigenvalue weighted by Crippen LogP contribution is -2.43. The summed E-state index contributed by atoms with van der Waals surface area (Å²) >= 11 is 4.71. The van der Waals surface area contributed by atoms with E-state index in [-0.39, 0.29) is 22.9 Å². The molecule has 1 aliphatic rings. The fraction of sp³-hybridized carbons (Fsp3) is 0.333. The van der Waals surface area contributed by atoms with E-state index in [1.165, 1.54) is 11.3 Å². The van der Waals surface area contributed by atoms with Crippen LogP contribution in [-0.2, 0) is 16.6 Å². The lowest BCUT2D eigenvalue weighted by Gasteiger charge is -2.29. The van der Waals surface area contributed by atoms with E-state index >= 15 is 0 Å². The average molecular weight is 565 g/mol. The van der Waals surface area contributed by atoms with Gasteiger partial charge in [-0.2, -0.15) is 0 Å². The van der Waals surface area contributed by atoms with Crippen molar-refractivity contribution < 1.29 is 17.9 Å². The number of carbonyl (C=O) groups is 1. The number of sulfonamides is 1. The number of ether oxygens (including phenoxy) is 1. The van der Waals surface area contributed by atoms with Gasteiger partial charge in [0.05, 0.1) is 4.90 Å². The third kappa shape index (κ3) is 6.65. The highest BCUT2D eigenvalue weighted by atomic mass is 79.9. The van der Waals surface area contributed by atoms with Crippen LogP contribution in [0.15, 0.2) is 63.3 Å². The van der Waals surface area contributed by atoms with Crippen molar-refractivity contribution in [2.24, 2.45) is 0 Å². The monoisotopic (exact) mass is 563 g/mol. The van der Waals surface area contributed by atoms with Gasteiger partial charge < -0.3 is 10.1 Å². The minimum Gasteiger partial charge on any atom is -0.486 e. The predicted octanol–water partition coefficient (Wildman–Crippen LogP) is 4.81. The number of aromatic nitrogens is 1. The quantitative estimate of drug-likeness (QED) is 0.409. The van der Waals surface area contributed by atoms with Crippen LogP contribution < -0.4 is 14.8 Å². The van der Waals surface area contributed by atoms with Crippen LogP contribution in [0.1, 0.15) is 46.7 Å². The van der Waals surface area contributed by atoms with Gasteiger partial charge in [0, 0.05) is 21.9 Å². The van der Waals surface area contributed by atoms with E-state index in [2.05, 4.69) is 31.0 Å². The summed E-state index contributed by atoms with van der Waals surface area (Å²) in [5.41, 5.74) is 1.54. The summed E-state index contributed by atoms with van der Waals surface area (Å²) in [6, 6.07) is 14.2. The molecular weight excluding hydrogens is 538 g/mol. The zero-order valence-electron chi connectivity index (χ0n) is 18.7. The maximum absolute atomic E-state index is 12.6. The Hall–Kier alpha value is -2.27. The van der Waals surface area contributed by atoms with E-state index in [0.717, 1.165) is 20.8 Å². The maximum Gasteiger partial charge on any atom is 0.270 e. The van der Waals surface area contributed by atoms with Gasteiger partial charge in [-0.15, -0.1) is 11.3 Å². The first kappa shape index (κ1) is 24.8. The van der Waals surface area contributed by atoms with Crippen molar-refractivity contribution in [1.82, 2.24) is 15.0 Å². The second kappa shape index (κ2) is 11.0. The van der Waals surface area contributed by atoms with Gasteiger partial charge >= 0.3 is 0 Å². The largest absolute Gasteiger partial charge is 0.486 e. The SMILES string of the molecule is Cc1ccc(OCc2nc(C(=O)NC3CCC(NS(=O)(=O)c4ccc(Br)cc4)CC3)cs2)cc1. The molecule has 0 saturated heterocycles. The fourth-order valence-corrected chi connectivity index (χ4v) is 6.03. The van der Waals surface area contributed by atoms with Crippen LogP contribution in [-0.4, -0.2) is 31.4 Å². The van der Waals surface area contributed by atoms with Gasteiger partial charge in [-0.3, -0.25) is 4.79 Å². The van der Waals surface area contributed by atoms with Crippen LogP contribution in [0.3, 0.4) is 0 Å². The molecule has 34 heavy (non-hydrogen) atoms. The molecule has 4 rings (SSSR count). The van der Waals surface area contributed by atoms with E-state index < -0.39 is 10.0 Å². The Bertz CT molecular complexity index is 1220. The van der Waals surface area contributed by atoms with Crippen molar-refractivity contribution in [2.75, 3.05) is 0 Å². The van der Waals surface area contributed by atoms with Crippen LogP contribution in [0.5, 0.6) is 5.75 Å². The third-order valence-corrected chi connectivity index (χ3v) is 8.56. The molecule has 3 aromatic rings. The Morgan fingerprint density at radius 2 is 1.71 bits per heavy atom. The van der Waals surface area contributed by atoms with Crippen molar-refractivity contribution in [3.63, 3.8) is 0 Å². The summed E-state index contributed by atoms with van der Waals surface area (Å²) in [4.78, 5) is 17.3. The molecule has 1 amide bonds. The Morgan fingerprint density at radius 1 is 1.06 bits per heavy atom. The molecule has 2 N–H and O–H groups in total. The molecule has 1 saturated carbocycles. The van der Waals surface area contributed by atoms with Gasteiger partial charge in [-0.25, -0.2) is 18.1 Å². The summed E-state index contributed by atoms with van der Waals surface area (Å²) in [5.74, 6) is 0.552. The molecule has 0 spiro atoms. The van der Waals surface area contributed by atoms with Crippen molar-refractivity contribution in [3.05, 3.63) is 74.6 Å². The summed E-state index contributed by atoms with van der Waals surface area (Å²) < 4.78 is 34.6. The third-order valence-electron chi connectivity index (χ3n) is 5.68. The first-order valence-electron chi connectivity index (χ1n) is 11.0. The number of thiazole rings is 1. The van der Waals surface area contributed by atoms with Gasteiger partial charge in [-0.05, 0) is 69.0 Å². The smallest absolute Gasteiger partial charge is 0.270 e. The molecule has 0 bridgehead atoms. The zero-order valence-corrected chi connectivity index (χ0v) is 21.9. The molecule has 1 heterocycles. The fourth-order valence-electron chi connectivity index (χ4n) is 3.78. The highest BCUT2D eigenvalue weighted by Crippen LogP contribution is 2.22. The zero-order chi connectivity index (χ0) is 24.1. The van der Waals surface area contributed by atoms with Crippen molar-refractivity contribution in [2.45, 2.75) is 56.2 Å². The average Bonchev–Trinajstić information content (AvgIpc) is 3.29. The van der Waals surface area contributed by atoms with Crippen LogP contribution >= 0.6 is 27.3 Å². The predicted molar refractivity (Wildman–Crippen MR) is 136 cm³/mol. The molecule has 1 fully saturated rings. The number of hydrogen-bond acceptors (Lipinski definition) is 6. The number of carbonyl (C=O) groups excluding carboxylic acids is 1. The summed E-state index contributed by atoms with van der Waals surface area (Å²) in [5, 5.41) is 5.50. The van der Waals surface area contributed by atoms with E-state index in [9.17, 15) is 13.2 Å². The Balaban J connectivity index is 1.23.